The molecule has 4 heteroatoms. The van der Waals surface area contributed by atoms with Crippen LogP contribution < -0.4 is 4.90 Å². The summed E-state index contributed by atoms with van der Waals surface area (Å²) in [6, 6.07) is 13.2. The molecule has 1 aliphatic rings. The maximum atomic E-state index is 12.9. The van der Waals surface area contributed by atoms with Gasteiger partial charge in [-0.05, 0) is 49.6 Å². The molecule has 0 saturated heterocycles. The maximum Gasteiger partial charge on any atom is 0.258 e. The number of nitrogens with zero attached hydrogens (tertiary/aromatic N) is 1. The summed E-state index contributed by atoms with van der Waals surface area (Å²) in [7, 11) is 0. The number of rotatable bonds is 1. The lowest BCUT2D eigenvalue weighted by Crippen LogP contribution is -2.42. The van der Waals surface area contributed by atoms with Gasteiger partial charge in [-0.25, -0.2) is 0 Å². The van der Waals surface area contributed by atoms with Crippen molar-refractivity contribution < 1.29 is 4.79 Å². The van der Waals surface area contributed by atoms with Crippen LogP contribution in [0.2, 0.25) is 10.0 Å². The largest absolute Gasteiger partial charge is 0.305 e. The topological polar surface area (TPSA) is 20.3 Å². The number of hydrogen-bond acceptors (Lipinski definition) is 1. The van der Waals surface area contributed by atoms with E-state index in [1.165, 1.54) is 5.56 Å². The highest BCUT2D eigenvalue weighted by Gasteiger charge is 2.28. The SMILES string of the molecule is CC1CCc2ccccc2N1C(=O)c1ccc(Cl)c(Cl)c1. The van der Waals surface area contributed by atoms with Crippen molar-refractivity contribution in [3.8, 4) is 0 Å². The fourth-order valence-electron chi connectivity index (χ4n) is 2.77. The Balaban J connectivity index is 2.02. The van der Waals surface area contributed by atoms with Crippen LogP contribution >= 0.6 is 23.2 Å². The van der Waals surface area contributed by atoms with E-state index in [0.717, 1.165) is 18.5 Å². The van der Waals surface area contributed by atoms with E-state index < -0.39 is 0 Å². The lowest BCUT2D eigenvalue weighted by atomic mass is 9.96. The summed E-state index contributed by atoms with van der Waals surface area (Å²) >= 11 is 12.0. The molecule has 2 aromatic rings. The molecule has 1 heterocycles. The van der Waals surface area contributed by atoms with Gasteiger partial charge in [0.1, 0.15) is 0 Å². The third kappa shape index (κ3) is 2.66. The minimum absolute atomic E-state index is 0.0341. The summed E-state index contributed by atoms with van der Waals surface area (Å²) in [5.41, 5.74) is 2.77. The molecule has 0 saturated carbocycles. The number of amides is 1. The highest BCUT2D eigenvalue weighted by Crippen LogP contribution is 2.32. The standard InChI is InChI=1S/C17H15Cl2NO/c1-11-6-7-12-4-2-3-5-16(12)20(11)17(21)13-8-9-14(18)15(19)10-13/h2-5,8-11H,6-7H2,1H3. The molecule has 21 heavy (non-hydrogen) atoms. The number of carbonyl (C=O) groups is 1. The first-order chi connectivity index (χ1) is 10.1. The highest BCUT2D eigenvalue weighted by atomic mass is 35.5. The molecule has 0 N–H and O–H groups in total. The molecule has 0 aliphatic carbocycles. The summed E-state index contributed by atoms with van der Waals surface area (Å²) < 4.78 is 0. The van der Waals surface area contributed by atoms with Crippen LogP contribution in [0.4, 0.5) is 5.69 Å². The number of carbonyl (C=O) groups excluding carboxylic acids is 1. The number of benzene rings is 2. The molecule has 1 unspecified atom stereocenters. The number of anilines is 1. The van der Waals surface area contributed by atoms with E-state index in [1.807, 2.05) is 23.1 Å². The van der Waals surface area contributed by atoms with Crippen LogP contribution in [0.25, 0.3) is 0 Å². The predicted molar refractivity (Wildman–Crippen MR) is 87.5 cm³/mol. The Labute approximate surface area is 134 Å². The van der Waals surface area contributed by atoms with Crippen LogP contribution in [0.3, 0.4) is 0 Å². The third-order valence-corrected chi connectivity index (χ3v) is 4.65. The maximum absolute atomic E-state index is 12.9. The molecule has 2 nitrogen and oxygen atoms in total. The van der Waals surface area contributed by atoms with Gasteiger partial charge in [0.15, 0.2) is 0 Å². The third-order valence-electron chi connectivity index (χ3n) is 3.91. The zero-order chi connectivity index (χ0) is 15.0. The van der Waals surface area contributed by atoms with Crippen molar-refractivity contribution in [3.63, 3.8) is 0 Å². The second-order valence-electron chi connectivity index (χ2n) is 5.32. The first-order valence-electron chi connectivity index (χ1n) is 6.94. The van der Waals surface area contributed by atoms with Gasteiger partial charge in [0.05, 0.1) is 10.0 Å². The molecule has 0 radical (unpaired) electrons. The van der Waals surface area contributed by atoms with Crippen molar-refractivity contribution in [3.05, 3.63) is 63.6 Å². The zero-order valence-corrected chi connectivity index (χ0v) is 13.2. The molecule has 3 rings (SSSR count). The Hall–Kier alpha value is -1.51. The van der Waals surface area contributed by atoms with Gasteiger partial charge >= 0.3 is 0 Å². The zero-order valence-electron chi connectivity index (χ0n) is 11.6. The molecule has 2 aromatic carbocycles. The summed E-state index contributed by atoms with van der Waals surface area (Å²) in [5.74, 6) is -0.0341. The van der Waals surface area contributed by atoms with Crippen molar-refractivity contribution in [1.29, 1.82) is 0 Å². The summed E-state index contributed by atoms with van der Waals surface area (Å²) in [5, 5.41) is 0.862. The van der Waals surface area contributed by atoms with Crippen molar-refractivity contribution in [1.82, 2.24) is 0 Å². The predicted octanol–water partition coefficient (Wildman–Crippen LogP) is 4.97. The van der Waals surface area contributed by atoms with E-state index >= 15 is 0 Å². The van der Waals surface area contributed by atoms with Gasteiger partial charge in [-0.2, -0.15) is 0 Å². The Bertz CT molecular complexity index is 699. The highest BCUT2D eigenvalue weighted by molar-refractivity contribution is 6.42. The molecule has 1 atom stereocenters. The number of fused-ring (bicyclic) bond motifs is 1. The fraction of sp³-hybridized carbons (Fsp3) is 0.235. The Morgan fingerprint density at radius 3 is 2.67 bits per heavy atom. The van der Waals surface area contributed by atoms with E-state index in [1.54, 1.807) is 18.2 Å². The molecule has 108 valence electrons. The fourth-order valence-corrected chi connectivity index (χ4v) is 3.06. The second kappa shape index (κ2) is 5.70. The first-order valence-corrected chi connectivity index (χ1v) is 7.70. The summed E-state index contributed by atoms with van der Waals surface area (Å²) in [6.07, 6.45) is 1.96. The summed E-state index contributed by atoms with van der Waals surface area (Å²) in [4.78, 5) is 14.7. The Morgan fingerprint density at radius 1 is 1.14 bits per heavy atom. The smallest absolute Gasteiger partial charge is 0.258 e. The normalized spacial score (nSPS) is 17.5. The van der Waals surface area contributed by atoms with E-state index in [2.05, 4.69) is 13.0 Å². The van der Waals surface area contributed by atoms with Crippen LogP contribution in [-0.2, 0) is 6.42 Å². The van der Waals surface area contributed by atoms with Gasteiger partial charge in [0.25, 0.3) is 5.91 Å². The molecular formula is C17H15Cl2NO. The van der Waals surface area contributed by atoms with Crippen LogP contribution in [-0.4, -0.2) is 11.9 Å². The van der Waals surface area contributed by atoms with Gasteiger partial charge in [0.2, 0.25) is 0 Å². The van der Waals surface area contributed by atoms with Crippen LogP contribution in [0.15, 0.2) is 42.5 Å². The molecule has 0 bridgehead atoms. The Kier molecular flexibility index (Phi) is 3.92. The van der Waals surface area contributed by atoms with Crippen LogP contribution in [0, 0.1) is 0 Å². The van der Waals surface area contributed by atoms with Crippen molar-refractivity contribution in [2.24, 2.45) is 0 Å². The minimum atomic E-state index is -0.0341. The van der Waals surface area contributed by atoms with Gasteiger partial charge in [-0.3, -0.25) is 4.79 Å². The first kappa shape index (κ1) is 14.4. The molecule has 1 aliphatic heterocycles. The quantitative estimate of drug-likeness (QED) is 0.726. The van der Waals surface area contributed by atoms with Crippen molar-refractivity contribution in [2.45, 2.75) is 25.8 Å². The number of para-hydroxylation sites is 1. The van der Waals surface area contributed by atoms with Gasteiger partial charge in [0, 0.05) is 17.3 Å². The van der Waals surface area contributed by atoms with E-state index in [-0.39, 0.29) is 11.9 Å². The van der Waals surface area contributed by atoms with E-state index in [9.17, 15) is 4.79 Å². The molecule has 0 aromatic heterocycles. The minimum Gasteiger partial charge on any atom is -0.305 e. The second-order valence-corrected chi connectivity index (χ2v) is 6.13. The number of aryl methyl sites for hydroxylation is 1. The number of hydrogen-bond donors (Lipinski definition) is 0. The lowest BCUT2D eigenvalue weighted by Gasteiger charge is -2.35. The average molecular weight is 320 g/mol. The van der Waals surface area contributed by atoms with Gasteiger partial charge in [-0.1, -0.05) is 41.4 Å². The van der Waals surface area contributed by atoms with Gasteiger partial charge in [-0.15, -0.1) is 0 Å². The van der Waals surface area contributed by atoms with E-state index in [4.69, 9.17) is 23.2 Å². The molecule has 1 amide bonds. The van der Waals surface area contributed by atoms with E-state index in [0.29, 0.717) is 15.6 Å². The molecular weight excluding hydrogens is 305 g/mol. The number of halogens is 2. The van der Waals surface area contributed by atoms with Crippen LogP contribution in [0.1, 0.15) is 29.3 Å². The van der Waals surface area contributed by atoms with Gasteiger partial charge < -0.3 is 4.90 Å². The summed E-state index contributed by atoms with van der Waals surface area (Å²) in [6.45, 7) is 2.07. The molecule has 0 fully saturated rings. The average Bonchev–Trinajstić information content (AvgIpc) is 2.49. The monoisotopic (exact) mass is 319 g/mol. The lowest BCUT2D eigenvalue weighted by molar-refractivity contribution is 0.0975. The van der Waals surface area contributed by atoms with Crippen molar-refractivity contribution in [2.75, 3.05) is 4.90 Å². The molecule has 0 spiro atoms. The van der Waals surface area contributed by atoms with Crippen molar-refractivity contribution >= 4 is 34.8 Å². The Morgan fingerprint density at radius 2 is 1.90 bits per heavy atom. The van der Waals surface area contributed by atoms with Crippen LogP contribution in [0.5, 0.6) is 0 Å².